The van der Waals surface area contributed by atoms with Gasteiger partial charge in [0.25, 0.3) is 0 Å². The maximum Gasteiger partial charge on any atom is 0.151 e. The molecule has 1 rings (SSSR count). The number of nitrogens with two attached hydrogens (primary N) is 1. The molecule has 0 aromatic carbocycles. The minimum absolute atomic E-state index is 0.429. The number of rotatable bonds is 3. The van der Waals surface area contributed by atoms with Crippen LogP contribution in [-0.2, 0) is 0 Å². The molecule has 0 saturated carbocycles. The van der Waals surface area contributed by atoms with E-state index >= 15 is 0 Å². The van der Waals surface area contributed by atoms with Crippen LogP contribution >= 0.6 is 11.6 Å². The van der Waals surface area contributed by atoms with Crippen molar-refractivity contribution in [3.63, 3.8) is 0 Å². The largest absolute Gasteiger partial charge is 0.396 e. The fourth-order valence-corrected chi connectivity index (χ4v) is 0.970. The Morgan fingerprint density at radius 1 is 1.69 bits per heavy atom. The molecule has 0 atom stereocenters. The van der Waals surface area contributed by atoms with E-state index in [0.29, 0.717) is 23.2 Å². The topological polar surface area (TPSA) is 50.9 Å². The number of aromatic nitrogens is 1. The molecule has 1 aromatic heterocycles. The molecule has 4 heteroatoms. The summed E-state index contributed by atoms with van der Waals surface area (Å²) in [5, 5.41) is 3.46. The van der Waals surface area contributed by atoms with Crippen molar-refractivity contribution in [1.82, 2.24) is 4.98 Å². The van der Waals surface area contributed by atoms with Gasteiger partial charge in [-0.3, -0.25) is 0 Å². The second-order valence-corrected chi connectivity index (χ2v) is 3.27. The predicted molar refractivity (Wildman–Crippen MR) is 57.0 cm³/mol. The van der Waals surface area contributed by atoms with Crippen LogP contribution in [0.15, 0.2) is 24.3 Å². The number of pyridine rings is 1. The molecule has 13 heavy (non-hydrogen) atoms. The molecule has 0 aliphatic rings. The Morgan fingerprint density at radius 2 is 2.38 bits per heavy atom. The van der Waals surface area contributed by atoms with Crippen LogP contribution in [0.4, 0.5) is 11.5 Å². The van der Waals surface area contributed by atoms with E-state index in [2.05, 4.69) is 16.9 Å². The molecule has 0 radical (unpaired) electrons. The molecule has 0 aliphatic carbocycles. The van der Waals surface area contributed by atoms with Crippen molar-refractivity contribution >= 4 is 23.1 Å². The van der Waals surface area contributed by atoms with Gasteiger partial charge in [0.1, 0.15) is 5.15 Å². The molecule has 0 aliphatic heterocycles. The van der Waals surface area contributed by atoms with Gasteiger partial charge < -0.3 is 11.1 Å². The highest BCUT2D eigenvalue weighted by Crippen LogP contribution is 2.18. The lowest BCUT2D eigenvalue weighted by molar-refractivity contribution is 1.17. The molecule has 0 spiro atoms. The van der Waals surface area contributed by atoms with Crippen molar-refractivity contribution in [2.45, 2.75) is 6.92 Å². The summed E-state index contributed by atoms with van der Waals surface area (Å²) in [7, 11) is 0. The lowest BCUT2D eigenvalue weighted by atomic mass is 10.3. The highest BCUT2D eigenvalue weighted by Gasteiger charge is 2.00. The van der Waals surface area contributed by atoms with E-state index in [1.54, 1.807) is 12.1 Å². The van der Waals surface area contributed by atoms with Gasteiger partial charge in [-0.2, -0.15) is 0 Å². The van der Waals surface area contributed by atoms with Crippen LogP contribution in [0.25, 0.3) is 0 Å². The van der Waals surface area contributed by atoms with Crippen molar-refractivity contribution < 1.29 is 0 Å². The molecule has 3 nitrogen and oxygen atoms in total. The third-order valence-electron chi connectivity index (χ3n) is 1.45. The lowest BCUT2D eigenvalue weighted by Gasteiger charge is -2.07. The molecule has 70 valence electrons. The number of nitrogen functional groups attached to an aromatic ring is 1. The monoisotopic (exact) mass is 197 g/mol. The van der Waals surface area contributed by atoms with Crippen LogP contribution in [0.3, 0.4) is 0 Å². The van der Waals surface area contributed by atoms with Gasteiger partial charge in [-0.25, -0.2) is 4.98 Å². The molecule has 3 N–H and O–H groups in total. The highest BCUT2D eigenvalue weighted by molar-refractivity contribution is 6.29. The van der Waals surface area contributed by atoms with Gasteiger partial charge in [0, 0.05) is 6.54 Å². The van der Waals surface area contributed by atoms with Gasteiger partial charge in [-0.15, -0.1) is 0 Å². The number of anilines is 2. The number of halogens is 1. The van der Waals surface area contributed by atoms with Crippen molar-refractivity contribution in [3.05, 3.63) is 29.4 Å². The van der Waals surface area contributed by atoms with E-state index in [1.165, 1.54) is 0 Å². The first kappa shape index (κ1) is 9.86. The summed E-state index contributed by atoms with van der Waals surface area (Å²) < 4.78 is 0. The smallest absolute Gasteiger partial charge is 0.151 e. The van der Waals surface area contributed by atoms with Crippen LogP contribution in [0, 0.1) is 0 Å². The molecular weight excluding hydrogens is 186 g/mol. The van der Waals surface area contributed by atoms with Gasteiger partial charge >= 0.3 is 0 Å². The lowest BCUT2D eigenvalue weighted by Crippen LogP contribution is -2.06. The minimum Gasteiger partial charge on any atom is -0.396 e. The van der Waals surface area contributed by atoms with Crippen molar-refractivity contribution in [3.8, 4) is 0 Å². The van der Waals surface area contributed by atoms with Gasteiger partial charge in [0.2, 0.25) is 0 Å². The molecular formula is C9H12ClN3. The van der Waals surface area contributed by atoms with E-state index < -0.39 is 0 Å². The van der Waals surface area contributed by atoms with Crippen LogP contribution in [-0.4, -0.2) is 11.5 Å². The van der Waals surface area contributed by atoms with Crippen LogP contribution in [0.1, 0.15) is 6.92 Å². The Morgan fingerprint density at radius 3 is 3.00 bits per heavy atom. The second-order valence-electron chi connectivity index (χ2n) is 2.88. The minimum atomic E-state index is 0.429. The average molecular weight is 198 g/mol. The molecule has 0 bridgehead atoms. The summed E-state index contributed by atoms with van der Waals surface area (Å²) in [5.74, 6) is 0.607. The normalized spacial score (nSPS) is 9.69. The highest BCUT2D eigenvalue weighted by atomic mass is 35.5. The quantitative estimate of drug-likeness (QED) is 0.578. The van der Waals surface area contributed by atoms with E-state index in [9.17, 15) is 0 Å². The first-order valence-electron chi connectivity index (χ1n) is 3.90. The molecule has 0 unspecified atom stereocenters. The molecule has 0 fully saturated rings. The second kappa shape index (κ2) is 4.14. The zero-order valence-electron chi connectivity index (χ0n) is 7.47. The summed E-state index contributed by atoms with van der Waals surface area (Å²) in [6.45, 7) is 6.33. The summed E-state index contributed by atoms with van der Waals surface area (Å²) in [5.41, 5.74) is 7.27. The van der Waals surface area contributed by atoms with Gasteiger partial charge in [0.15, 0.2) is 5.82 Å². The molecule has 0 amide bonds. The van der Waals surface area contributed by atoms with Crippen LogP contribution < -0.4 is 11.1 Å². The predicted octanol–water partition coefficient (Wildman–Crippen LogP) is 2.31. The fraction of sp³-hybridized carbons (Fsp3) is 0.222. The Bertz CT molecular complexity index is 323. The van der Waals surface area contributed by atoms with Gasteiger partial charge in [-0.1, -0.05) is 23.8 Å². The Kier molecular flexibility index (Phi) is 3.14. The van der Waals surface area contributed by atoms with Crippen molar-refractivity contribution in [2.24, 2.45) is 0 Å². The molecule has 0 saturated heterocycles. The first-order chi connectivity index (χ1) is 6.09. The van der Waals surface area contributed by atoms with Crippen molar-refractivity contribution in [1.29, 1.82) is 0 Å². The maximum absolute atomic E-state index is 5.70. The number of hydrogen-bond donors (Lipinski definition) is 2. The zero-order chi connectivity index (χ0) is 9.84. The summed E-state index contributed by atoms with van der Waals surface area (Å²) in [6.07, 6.45) is 0. The zero-order valence-corrected chi connectivity index (χ0v) is 8.23. The maximum atomic E-state index is 5.70. The van der Waals surface area contributed by atoms with Crippen LogP contribution in [0.2, 0.25) is 5.15 Å². The molecule has 1 heterocycles. The number of nitrogens with zero attached hydrogens (tertiary/aromatic N) is 1. The molecule has 1 aromatic rings. The Balaban J connectivity index is 2.75. The van der Waals surface area contributed by atoms with Gasteiger partial charge in [-0.05, 0) is 19.1 Å². The summed E-state index contributed by atoms with van der Waals surface area (Å²) >= 11 is 5.70. The van der Waals surface area contributed by atoms with E-state index in [-0.39, 0.29) is 0 Å². The number of hydrogen-bond acceptors (Lipinski definition) is 3. The standard InChI is InChI=1S/C9H12ClN3/c1-6(2)5-12-9-7(11)3-4-8(10)13-9/h3-4H,1,5,11H2,2H3,(H,12,13). The average Bonchev–Trinajstić information content (AvgIpc) is 2.06. The summed E-state index contributed by atoms with van der Waals surface area (Å²) in [4.78, 5) is 4.03. The van der Waals surface area contributed by atoms with Crippen molar-refractivity contribution in [2.75, 3.05) is 17.6 Å². The number of nitrogens with one attached hydrogen (secondary N) is 1. The SMILES string of the molecule is C=C(C)CNc1nc(Cl)ccc1N. The first-order valence-corrected chi connectivity index (χ1v) is 4.27. The van der Waals surface area contributed by atoms with E-state index in [1.807, 2.05) is 6.92 Å². The Hall–Kier alpha value is -1.22. The van der Waals surface area contributed by atoms with E-state index in [0.717, 1.165) is 5.57 Å². The third kappa shape index (κ3) is 2.95. The Labute approximate surface area is 82.6 Å². The van der Waals surface area contributed by atoms with Crippen LogP contribution in [0.5, 0.6) is 0 Å². The fourth-order valence-electron chi connectivity index (χ4n) is 0.822. The summed E-state index contributed by atoms with van der Waals surface area (Å²) in [6, 6.07) is 3.37. The van der Waals surface area contributed by atoms with E-state index in [4.69, 9.17) is 17.3 Å². The van der Waals surface area contributed by atoms with Gasteiger partial charge in [0.05, 0.1) is 5.69 Å². The third-order valence-corrected chi connectivity index (χ3v) is 1.66.